The SMILES string of the molecule is O=C(NCCOc1ccccc1Cl)c1cc(S(=O)(=O)N2CCCCC2)ccc1Cl. The number of piperidine rings is 1. The molecule has 9 heteroatoms. The molecular weight excluding hydrogens is 435 g/mol. The third-order valence-corrected chi connectivity index (χ3v) is 7.15. The molecule has 156 valence electrons. The van der Waals surface area contributed by atoms with Crippen LogP contribution in [0, 0.1) is 0 Å². The summed E-state index contributed by atoms with van der Waals surface area (Å²) in [6, 6.07) is 11.2. The van der Waals surface area contributed by atoms with Crippen LogP contribution >= 0.6 is 23.2 Å². The summed E-state index contributed by atoms with van der Waals surface area (Å²) >= 11 is 12.2. The van der Waals surface area contributed by atoms with Gasteiger partial charge in [0.15, 0.2) is 0 Å². The summed E-state index contributed by atoms with van der Waals surface area (Å²) in [5.41, 5.74) is 0.113. The highest BCUT2D eigenvalue weighted by atomic mass is 35.5. The fraction of sp³-hybridized carbons (Fsp3) is 0.350. The maximum absolute atomic E-state index is 12.8. The number of para-hydroxylation sites is 1. The molecule has 3 rings (SSSR count). The van der Waals surface area contributed by atoms with E-state index in [1.54, 1.807) is 24.3 Å². The van der Waals surface area contributed by atoms with Gasteiger partial charge in [0, 0.05) is 13.1 Å². The van der Waals surface area contributed by atoms with Gasteiger partial charge in [0.25, 0.3) is 5.91 Å². The van der Waals surface area contributed by atoms with Crippen molar-refractivity contribution in [2.45, 2.75) is 24.2 Å². The van der Waals surface area contributed by atoms with E-state index in [0.717, 1.165) is 19.3 Å². The average molecular weight is 457 g/mol. The fourth-order valence-electron chi connectivity index (χ4n) is 3.08. The predicted molar refractivity (Wildman–Crippen MR) is 113 cm³/mol. The molecule has 2 aromatic carbocycles. The molecule has 1 heterocycles. The van der Waals surface area contributed by atoms with Gasteiger partial charge in [0.1, 0.15) is 12.4 Å². The van der Waals surface area contributed by atoms with Gasteiger partial charge in [0.2, 0.25) is 10.0 Å². The highest BCUT2D eigenvalue weighted by Gasteiger charge is 2.27. The minimum atomic E-state index is -3.65. The number of carbonyl (C=O) groups excluding carboxylic acids is 1. The van der Waals surface area contributed by atoms with Crippen LogP contribution in [0.3, 0.4) is 0 Å². The van der Waals surface area contributed by atoms with E-state index >= 15 is 0 Å². The Balaban J connectivity index is 1.64. The summed E-state index contributed by atoms with van der Waals surface area (Å²) < 4.78 is 32.7. The normalized spacial score (nSPS) is 15.1. The van der Waals surface area contributed by atoms with Crippen molar-refractivity contribution in [1.29, 1.82) is 0 Å². The standard InChI is InChI=1S/C20H22Cl2N2O4S/c21-17-9-8-15(29(26,27)24-11-4-1-5-12-24)14-16(17)20(25)23-10-13-28-19-7-3-2-6-18(19)22/h2-3,6-9,14H,1,4-5,10-13H2,(H,23,25). The second-order valence-corrected chi connectivity index (χ2v) is 9.39. The molecule has 0 aliphatic carbocycles. The lowest BCUT2D eigenvalue weighted by molar-refractivity contribution is 0.0947. The molecule has 1 fully saturated rings. The Morgan fingerprint density at radius 3 is 2.48 bits per heavy atom. The number of ether oxygens (including phenoxy) is 1. The van der Waals surface area contributed by atoms with Crippen LogP contribution in [-0.4, -0.2) is 44.9 Å². The Hall–Kier alpha value is -1.80. The molecule has 1 saturated heterocycles. The third kappa shape index (κ3) is 5.42. The van der Waals surface area contributed by atoms with E-state index in [4.69, 9.17) is 27.9 Å². The van der Waals surface area contributed by atoms with Crippen molar-refractivity contribution in [2.24, 2.45) is 0 Å². The number of hydrogen-bond acceptors (Lipinski definition) is 4. The van der Waals surface area contributed by atoms with Crippen molar-refractivity contribution in [1.82, 2.24) is 9.62 Å². The van der Waals surface area contributed by atoms with Crippen molar-refractivity contribution in [3.05, 3.63) is 58.1 Å². The number of nitrogens with zero attached hydrogens (tertiary/aromatic N) is 1. The second-order valence-electron chi connectivity index (χ2n) is 6.64. The van der Waals surface area contributed by atoms with Crippen LogP contribution in [0.4, 0.5) is 0 Å². The van der Waals surface area contributed by atoms with Crippen LogP contribution in [0.15, 0.2) is 47.4 Å². The quantitative estimate of drug-likeness (QED) is 0.639. The Morgan fingerprint density at radius 2 is 1.76 bits per heavy atom. The van der Waals surface area contributed by atoms with E-state index in [2.05, 4.69) is 5.32 Å². The van der Waals surface area contributed by atoms with Gasteiger partial charge >= 0.3 is 0 Å². The minimum Gasteiger partial charge on any atom is -0.490 e. The summed E-state index contributed by atoms with van der Waals surface area (Å²) in [6.45, 7) is 1.40. The molecule has 0 unspecified atom stereocenters. The van der Waals surface area contributed by atoms with Gasteiger partial charge in [-0.05, 0) is 43.2 Å². The number of halogens is 2. The van der Waals surface area contributed by atoms with E-state index in [9.17, 15) is 13.2 Å². The molecule has 0 atom stereocenters. The molecule has 0 bridgehead atoms. The van der Waals surface area contributed by atoms with Gasteiger partial charge in [0.05, 0.1) is 27.0 Å². The van der Waals surface area contributed by atoms with Crippen molar-refractivity contribution < 1.29 is 17.9 Å². The molecule has 6 nitrogen and oxygen atoms in total. The van der Waals surface area contributed by atoms with Gasteiger partial charge in [-0.15, -0.1) is 0 Å². The monoisotopic (exact) mass is 456 g/mol. The molecule has 1 N–H and O–H groups in total. The number of nitrogens with one attached hydrogen (secondary N) is 1. The Labute approximate surface area is 180 Å². The van der Waals surface area contributed by atoms with E-state index in [1.165, 1.54) is 22.5 Å². The van der Waals surface area contributed by atoms with Crippen LogP contribution in [0.1, 0.15) is 29.6 Å². The number of hydrogen-bond donors (Lipinski definition) is 1. The number of amides is 1. The maximum atomic E-state index is 12.8. The second kappa shape index (κ2) is 9.80. The third-order valence-electron chi connectivity index (χ3n) is 4.62. The van der Waals surface area contributed by atoms with E-state index < -0.39 is 15.9 Å². The Bertz CT molecular complexity index is 976. The summed E-state index contributed by atoms with van der Waals surface area (Å²) in [5.74, 6) is 0.0597. The van der Waals surface area contributed by atoms with Crippen LogP contribution in [0.25, 0.3) is 0 Å². The Morgan fingerprint density at radius 1 is 1.03 bits per heavy atom. The molecule has 29 heavy (non-hydrogen) atoms. The molecule has 0 aromatic heterocycles. The van der Waals surface area contributed by atoms with E-state index in [-0.39, 0.29) is 28.6 Å². The molecule has 1 amide bonds. The summed E-state index contributed by atoms with van der Waals surface area (Å²) in [6.07, 6.45) is 2.70. The molecule has 0 radical (unpaired) electrons. The maximum Gasteiger partial charge on any atom is 0.252 e. The summed E-state index contributed by atoms with van der Waals surface area (Å²) in [4.78, 5) is 12.6. The molecule has 0 saturated carbocycles. The van der Waals surface area contributed by atoms with Crippen molar-refractivity contribution in [3.8, 4) is 5.75 Å². The topological polar surface area (TPSA) is 75.7 Å². The number of rotatable bonds is 7. The first-order valence-corrected chi connectivity index (χ1v) is 11.5. The van der Waals surface area contributed by atoms with E-state index in [1.807, 2.05) is 0 Å². The van der Waals surface area contributed by atoms with Crippen molar-refractivity contribution >= 4 is 39.1 Å². The summed E-state index contributed by atoms with van der Waals surface area (Å²) in [7, 11) is -3.65. The van der Waals surface area contributed by atoms with Crippen LogP contribution in [0.2, 0.25) is 10.0 Å². The Kier molecular flexibility index (Phi) is 7.40. The smallest absolute Gasteiger partial charge is 0.252 e. The zero-order valence-corrected chi connectivity index (χ0v) is 18.1. The van der Waals surface area contributed by atoms with Gasteiger partial charge in [-0.1, -0.05) is 41.8 Å². The number of benzene rings is 2. The lowest BCUT2D eigenvalue weighted by Crippen LogP contribution is -2.35. The number of sulfonamides is 1. The van der Waals surface area contributed by atoms with Gasteiger partial charge < -0.3 is 10.1 Å². The lowest BCUT2D eigenvalue weighted by atomic mass is 10.2. The molecule has 2 aromatic rings. The number of carbonyl (C=O) groups is 1. The largest absolute Gasteiger partial charge is 0.490 e. The zero-order chi connectivity index (χ0) is 20.9. The fourth-order valence-corrected chi connectivity index (χ4v) is 5.01. The minimum absolute atomic E-state index is 0.0706. The van der Waals surface area contributed by atoms with Crippen LogP contribution in [-0.2, 0) is 10.0 Å². The van der Waals surface area contributed by atoms with Gasteiger partial charge in [-0.3, -0.25) is 4.79 Å². The highest BCUT2D eigenvalue weighted by molar-refractivity contribution is 7.89. The lowest BCUT2D eigenvalue weighted by Gasteiger charge is -2.26. The first kappa shape index (κ1) is 21.9. The molecular formula is C20H22Cl2N2O4S. The summed E-state index contributed by atoms with van der Waals surface area (Å²) in [5, 5.41) is 3.36. The van der Waals surface area contributed by atoms with Gasteiger partial charge in [-0.25, -0.2) is 8.42 Å². The van der Waals surface area contributed by atoms with Crippen LogP contribution in [0.5, 0.6) is 5.75 Å². The zero-order valence-electron chi connectivity index (χ0n) is 15.7. The first-order valence-electron chi connectivity index (χ1n) is 9.35. The average Bonchev–Trinajstić information content (AvgIpc) is 2.73. The molecule has 0 spiro atoms. The van der Waals surface area contributed by atoms with Crippen LogP contribution < -0.4 is 10.1 Å². The van der Waals surface area contributed by atoms with E-state index in [0.29, 0.717) is 23.9 Å². The van der Waals surface area contributed by atoms with Crippen molar-refractivity contribution in [2.75, 3.05) is 26.2 Å². The molecule has 1 aliphatic heterocycles. The highest BCUT2D eigenvalue weighted by Crippen LogP contribution is 2.25. The predicted octanol–water partition coefficient (Wildman–Crippen LogP) is 3.98. The van der Waals surface area contributed by atoms with Gasteiger partial charge in [-0.2, -0.15) is 4.31 Å². The first-order chi connectivity index (χ1) is 13.9. The van der Waals surface area contributed by atoms with Crippen molar-refractivity contribution in [3.63, 3.8) is 0 Å². The molecule has 1 aliphatic rings.